The highest BCUT2D eigenvalue weighted by Gasteiger charge is 2.28. The lowest BCUT2D eigenvalue weighted by Crippen LogP contribution is -2.40. The largest absolute Gasteiger partial charge is 0.355 e. The summed E-state index contributed by atoms with van der Waals surface area (Å²) in [5.74, 6) is 0.0499. The van der Waals surface area contributed by atoms with Gasteiger partial charge in [-0.25, -0.2) is 4.98 Å². The van der Waals surface area contributed by atoms with Crippen LogP contribution in [0.25, 0.3) is 0 Å². The first-order chi connectivity index (χ1) is 9.10. The van der Waals surface area contributed by atoms with Crippen LogP contribution in [-0.2, 0) is 16.6 Å². The van der Waals surface area contributed by atoms with E-state index in [0.717, 1.165) is 17.7 Å². The van der Waals surface area contributed by atoms with Gasteiger partial charge in [0.05, 0.1) is 16.6 Å². The van der Waals surface area contributed by atoms with E-state index in [9.17, 15) is 4.79 Å². The first kappa shape index (κ1) is 13.7. The summed E-state index contributed by atoms with van der Waals surface area (Å²) < 4.78 is 0. The summed E-state index contributed by atoms with van der Waals surface area (Å²) in [6.45, 7) is 4.51. The van der Waals surface area contributed by atoms with Crippen molar-refractivity contribution >= 4 is 17.2 Å². The van der Waals surface area contributed by atoms with Crippen LogP contribution >= 0.6 is 11.3 Å². The van der Waals surface area contributed by atoms with E-state index in [1.54, 1.807) is 11.3 Å². The quantitative estimate of drug-likeness (QED) is 0.911. The van der Waals surface area contributed by atoms with E-state index >= 15 is 0 Å². The highest BCUT2D eigenvalue weighted by Crippen LogP contribution is 2.22. The van der Waals surface area contributed by atoms with Crippen LogP contribution in [0.15, 0.2) is 41.2 Å². The summed E-state index contributed by atoms with van der Waals surface area (Å²) >= 11 is 1.58. The predicted molar refractivity (Wildman–Crippen MR) is 78.3 cm³/mol. The van der Waals surface area contributed by atoms with E-state index < -0.39 is 5.41 Å². The van der Waals surface area contributed by atoms with Gasteiger partial charge in [-0.15, -0.1) is 11.3 Å². The van der Waals surface area contributed by atoms with E-state index in [0.29, 0.717) is 6.54 Å². The lowest BCUT2D eigenvalue weighted by atomic mass is 9.84. The average molecular weight is 274 g/mol. The van der Waals surface area contributed by atoms with Crippen molar-refractivity contribution in [3.8, 4) is 0 Å². The molecular formula is C15H18N2OS. The van der Waals surface area contributed by atoms with Gasteiger partial charge in [-0.2, -0.15) is 0 Å². The number of carbonyl (C=O) groups excluding carboxylic acids is 1. The molecule has 1 aromatic carbocycles. The van der Waals surface area contributed by atoms with E-state index in [-0.39, 0.29) is 5.91 Å². The molecule has 1 amide bonds. The van der Waals surface area contributed by atoms with Crippen molar-refractivity contribution in [3.05, 3.63) is 52.5 Å². The molecule has 4 heteroatoms. The third-order valence-electron chi connectivity index (χ3n) is 3.21. The van der Waals surface area contributed by atoms with Gasteiger partial charge in [-0.3, -0.25) is 4.79 Å². The first-order valence-corrected chi connectivity index (χ1v) is 7.26. The van der Waals surface area contributed by atoms with Gasteiger partial charge in [0.2, 0.25) is 5.91 Å². The molecule has 2 aromatic rings. The molecule has 0 atom stereocenters. The molecule has 1 heterocycles. The molecule has 0 bridgehead atoms. The van der Waals surface area contributed by atoms with Crippen molar-refractivity contribution in [2.75, 3.05) is 6.54 Å². The van der Waals surface area contributed by atoms with E-state index in [1.807, 2.05) is 55.1 Å². The maximum absolute atomic E-state index is 12.3. The molecule has 100 valence electrons. The van der Waals surface area contributed by atoms with E-state index in [4.69, 9.17) is 0 Å². The van der Waals surface area contributed by atoms with Gasteiger partial charge < -0.3 is 5.32 Å². The van der Waals surface area contributed by atoms with Crippen molar-refractivity contribution in [1.29, 1.82) is 0 Å². The third-order valence-corrected chi connectivity index (χ3v) is 3.85. The second-order valence-electron chi connectivity index (χ2n) is 4.98. The molecule has 19 heavy (non-hydrogen) atoms. The molecular weight excluding hydrogens is 256 g/mol. The molecule has 0 aliphatic carbocycles. The second-order valence-corrected chi connectivity index (χ2v) is 5.70. The van der Waals surface area contributed by atoms with Gasteiger partial charge >= 0.3 is 0 Å². The Hall–Kier alpha value is -1.68. The summed E-state index contributed by atoms with van der Waals surface area (Å²) in [5.41, 5.74) is 3.36. The van der Waals surface area contributed by atoms with Gasteiger partial charge in [0, 0.05) is 18.3 Å². The molecule has 0 aliphatic rings. The van der Waals surface area contributed by atoms with Gasteiger partial charge in [0.25, 0.3) is 0 Å². The number of carbonyl (C=O) groups is 1. The minimum atomic E-state index is -0.511. The number of nitrogens with one attached hydrogen (secondary N) is 1. The smallest absolute Gasteiger partial charge is 0.230 e. The first-order valence-electron chi connectivity index (χ1n) is 6.31. The van der Waals surface area contributed by atoms with Crippen molar-refractivity contribution in [1.82, 2.24) is 10.3 Å². The monoisotopic (exact) mass is 274 g/mol. The summed E-state index contributed by atoms with van der Waals surface area (Å²) in [6.07, 6.45) is 0.778. The van der Waals surface area contributed by atoms with Crippen molar-refractivity contribution in [2.24, 2.45) is 0 Å². The van der Waals surface area contributed by atoms with Crippen LogP contribution in [0.4, 0.5) is 0 Å². The zero-order valence-electron chi connectivity index (χ0n) is 11.2. The molecule has 0 spiro atoms. The van der Waals surface area contributed by atoms with Crippen molar-refractivity contribution in [2.45, 2.75) is 25.7 Å². The summed E-state index contributed by atoms with van der Waals surface area (Å²) in [6, 6.07) is 9.85. The summed E-state index contributed by atoms with van der Waals surface area (Å²) in [4.78, 5) is 16.5. The number of nitrogens with zero attached hydrogens (tertiary/aromatic N) is 1. The number of aromatic nitrogens is 1. The Labute approximate surface area is 117 Å². The Kier molecular flexibility index (Phi) is 4.32. The molecule has 0 aliphatic heterocycles. The van der Waals surface area contributed by atoms with Crippen LogP contribution in [0.1, 0.15) is 25.1 Å². The van der Waals surface area contributed by atoms with Gasteiger partial charge in [0.15, 0.2) is 0 Å². The Morgan fingerprint density at radius 2 is 2.05 bits per heavy atom. The van der Waals surface area contributed by atoms with Crippen LogP contribution in [0.3, 0.4) is 0 Å². The van der Waals surface area contributed by atoms with Gasteiger partial charge in [-0.1, -0.05) is 30.3 Å². The highest BCUT2D eigenvalue weighted by molar-refractivity contribution is 7.07. The van der Waals surface area contributed by atoms with Crippen LogP contribution in [0, 0.1) is 0 Å². The summed E-state index contributed by atoms with van der Waals surface area (Å²) in [7, 11) is 0. The van der Waals surface area contributed by atoms with Gasteiger partial charge in [0.1, 0.15) is 0 Å². The second kappa shape index (κ2) is 5.97. The van der Waals surface area contributed by atoms with E-state index in [2.05, 4.69) is 10.3 Å². The molecule has 1 aromatic heterocycles. The molecule has 2 rings (SSSR count). The Morgan fingerprint density at radius 1 is 1.32 bits per heavy atom. The maximum atomic E-state index is 12.3. The van der Waals surface area contributed by atoms with Crippen LogP contribution in [0.5, 0.6) is 0 Å². The van der Waals surface area contributed by atoms with E-state index in [1.165, 1.54) is 0 Å². The van der Waals surface area contributed by atoms with Crippen LogP contribution < -0.4 is 5.32 Å². The lowest BCUT2D eigenvalue weighted by Gasteiger charge is -2.24. The number of hydrogen-bond acceptors (Lipinski definition) is 3. The SMILES string of the molecule is CC(C)(C(=O)NCCc1cscn1)c1ccccc1. The standard InChI is InChI=1S/C15H18N2OS/c1-15(2,12-6-4-3-5-7-12)14(18)16-9-8-13-10-19-11-17-13/h3-7,10-11H,8-9H2,1-2H3,(H,16,18). The number of thiazole rings is 1. The number of amides is 1. The number of rotatable bonds is 5. The topological polar surface area (TPSA) is 42.0 Å². The summed E-state index contributed by atoms with van der Waals surface area (Å²) in [5, 5.41) is 4.99. The Morgan fingerprint density at radius 3 is 2.68 bits per heavy atom. The minimum absolute atomic E-state index is 0.0499. The zero-order valence-corrected chi connectivity index (χ0v) is 12.0. The molecule has 0 saturated heterocycles. The van der Waals surface area contributed by atoms with Crippen LogP contribution in [0.2, 0.25) is 0 Å². The predicted octanol–water partition coefficient (Wildman–Crippen LogP) is 2.78. The minimum Gasteiger partial charge on any atom is -0.355 e. The fraction of sp³-hybridized carbons (Fsp3) is 0.333. The maximum Gasteiger partial charge on any atom is 0.230 e. The molecule has 3 nitrogen and oxygen atoms in total. The molecule has 0 saturated carbocycles. The fourth-order valence-electron chi connectivity index (χ4n) is 1.87. The molecule has 0 radical (unpaired) electrons. The molecule has 0 fully saturated rings. The number of hydrogen-bond donors (Lipinski definition) is 1. The van der Waals surface area contributed by atoms with Crippen molar-refractivity contribution < 1.29 is 4.79 Å². The normalized spacial score (nSPS) is 11.3. The van der Waals surface area contributed by atoms with Crippen molar-refractivity contribution in [3.63, 3.8) is 0 Å². The average Bonchev–Trinajstić information content (AvgIpc) is 2.93. The lowest BCUT2D eigenvalue weighted by molar-refractivity contribution is -0.125. The number of benzene rings is 1. The zero-order chi connectivity index (χ0) is 13.7. The fourth-order valence-corrected chi connectivity index (χ4v) is 2.46. The Balaban J connectivity index is 1.92. The highest BCUT2D eigenvalue weighted by atomic mass is 32.1. The molecule has 1 N–H and O–H groups in total. The molecule has 0 unspecified atom stereocenters. The van der Waals surface area contributed by atoms with Crippen LogP contribution in [-0.4, -0.2) is 17.4 Å². The van der Waals surface area contributed by atoms with Gasteiger partial charge in [-0.05, 0) is 19.4 Å². The third kappa shape index (κ3) is 3.41. The Bertz CT molecular complexity index is 520.